The fourth-order valence-corrected chi connectivity index (χ4v) is 4.47. The third-order valence-corrected chi connectivity index (χ3v) is 6.14. The van der Waals surface area contributed by atoms with Gasteiger partial charge in [-0.25, -0.2) is 4.79 Å². The highest BCUT2D eigenvalue weighted by Crippen LogP contribution is 2.38. The number of hydrogen-bond acceptors (Lipinski definition) is 6. The van der Waals surface area contributed by atoms with Crippen LogP contribution in [0.25, 0.3) is 0 Å². The normalized spacial score (nSPS) is 25.3. The van der Waals surface area contributed by atoms with Crippen LogP contribution in [0.1, 0.15) is 76.9 Å². The molecular formula is C22H34N4O4. The first-order valence-corrected chi connectivity index (χ1v) is 11.4. The first-order valence-electron chi connectivity index (χ1n) is 11.4. The van der Waals surface area contributed by atoms with E-state index < -0.39 is 5.60 Å². The Hall–Kier alpha value is -2.12. The van der Waals surface area contributed by atoms with Gasteiger partial charge in [0.25, 0.3) is 0 Å². The molecule has 1 aliphatic carbocycles. The zero-order valence-electron chi connectivity index (χ0n) is 18.4. The van der Waals surface area contributed by atoms with Crippen molar-refractivity contribution in [2.24, 2.45) is 11.8 Å². The second kappa shape index (κ2) is 8.55. The van der Waals surface area contributed by atoms with Gasteiger partial charge in [-0.2, -0.15) is 4.98 Å². The number of nitrogens with zero attached hydrogens (tertiary/aromatic N) is 4. The van der Waals surface area contributed by atoms with E-state index in [1.165, 1.54) is 0 Å². The van der Waals surface area contributed by atoms with Crippen LogP contribution in [0.5, 0.6) is 0 Å². The smallest absolute Gasteiger partial charge is 0.410 e. The lowest BCUT2D eigenvalue weighted by atomic mass is 9.91. The Balaban J connectivity index is 1.31. The van der Waals surface area contributed by atoms with Gasteiger partial charge in [-0.3, -0.25) is 4.79 Å². The molecular weight excluding hydrogens is 384 g/mol. The van der Waals surface area contributed by atoms with Crippen LogP contribution in [0.3, 0.4) is 0 Å². The molecule has 3 fully saturated rings. The molecule has 0 bridgehead atoms. The third kappa shape index (κ3) is 5.32. The molecule has 8 nitrogen and oxygen atoms in total. The fraction of sp³-hybridized carbons (Fsp3) is 0.818. The Labute approximate surface area is 178 Å². The molecule has 0 N–H and O–H groups in total. The van der Waals surface area contributed by atoms with Crippen molar-refractivity contribution >= 4 is 12.0 Å². The zero-order chi connectivity index (χ0) is 21.3. The number of hydrogen-bond donors (Lipinski definition) is 0. The monoisotopic (exact) mass is 418 g/mol. The van der Waals surface area contributed by atoms with Gasteiger partial charge in [0, 0.05) is 38.5 Å². The van der Waals surface area contributed by atoms with Gasteiger partial charge in [0.1, 0.15) is 5.60 Å². The molecule has 0 aromatic carbocycles. The molecule has 1 saturated carbocycles. The highest BCUT2D eigenvalue weighted by atomic mass is 16.6. The van der Waals surface area contributed by atoms with E-state index in [2.05, 4.69) is 10.1 Å². The Morgan fingerprint density at radius 1 is 1.07 bits per heavy atom. The molecule has 8 heteroatoms. The van der Waals surface area contributed by atoms with E-state index in [1.807, 2.05) is 25.7 Å². The third-order valence-electron chi connectivity index (χ3n) is 6.14. The SMILES string of the molecule is CC(C)(C)OC(=O)N1CCC[C@H](C(=O)N2CCC[C@H](Cc3nc(C4CC4)no3)C2)C1. The molecule has 2 atom stereocenters. The number of likely N-dealkylation sites (tertiary alicyclic amines) is 2. The summed E-state index contributed by atoms with van der Waals surface area (Å²) in [7, 11) is 0. The minimum absolute atomic E-state index is 0.144. The summed E-state index contributed by atoms with van der Waals surface area (Å²) in [6.45, 7) is 8.20. The van der Waals surface area contributed by atoms with E-state index in [4.69, 9.17) is 9.26 Å². The molecule has 1 aromatic rings. The predicted molar refractivity (Wildman–Crippen MR) is 110 cm³/mol. The second-order valence-corrected chi connectivity index (χ2v) is 10.1. The Bertz CT molecular complexity index is 767. The van der Waals surface area contributed by atoms with Crippen LogP contribution in [0.15, 0.2) is 4.52 Å². The van der Waals surface area contributed by atoms with Crippen molar-refractivity contribution in [3.63, 3.8) is 0 Å². The van der Waals surface area contributed by atoms with Gasteiger partial charge in [-0.1, -0.05) is 5.16 Å². The summed E-state index contributed by atoms with van der Waals surface area (Å²) in [6, 6.07) is 0. The van der Waals surface area contributed by atoms with Gasteiger partial charge < -0.3 is 19.1 Å². The van der Waals surface area contributed by atoms with Crippen molar-refractivity contribution in [1.29, 1.82) is 0 Å². The van der Waals surface area contributed by atoms with Crippen molar-refractivity contribution in [3.8, 4) is 0 Å². The molecule has 4 rings (SSSR count). The van der Waals surface area contributed by atoms with E-state index in [0.29, 0.717) is 30.8 Å². The maximum atomic E-state index is 13.2. The molecule has 2 saturated heterocycles. The molecule has 0 spiro atoms. The lowest BCUT2D eigenvalue weighted by Crippen LogP contribution is -2.50. The fourth-order valence-electron chi connectivity index (χ4n) is 4.47. The first kappa shape index (κ1) is 21.1. The van der Waals surface area contributed by atoms with Gasteiger partial charge in [0.05, 0.1) is 5.92 Å². The second-order valence-electron chi connectivity index (χ2n) is 10.1. The van der Waals surface area contributed by atoms with Crippen LogP contribution in [0.2, 0.25) is 0 Å². The van der Waals surface area contributed by atoms with Crippen molar-refractivity contribution in [2.75, 3.05) is 26.2 Å². The number of carbonyl (C=O) groups is 2. The van der Waals surface area contributed by atoms with Gasteiger partial charge in [-0.15, -0.1) is 0 Å². The Morgan fingerprint density at radius 3 is 2.53 bits per heavy atom. The minimum atomic E-state index is -0.526. The number of amides is 2. The summed E-state index contributed by atoms with van der Waals surface area (Å²) in [5.41, 5.74) is -0.526. The van der Waals surface area contributed by atoms with E-state index in [9.17, 15) is 9.59 Å². The quantitative estimate of drug-likeness (QED) is 0.745. The standard InChI is InChI=1S/C22H34N4O4/c1-22(2,3)29-21(28)26-11-5-7-17(14-26)20(27)25-10-4-6-15(13-25)12-18-23-19(24-30-18)16-8-9-16/h15-17H,4-14H2,1-3H3/t15-,17+/m1/s1. The maximum Gasteiger partial charge on any atom is 0.410 e. The summed E-state index contributed by atoms with van der Waals surface area (Å²) in [5.74, 6) is 2.40. The summed E-state index contributed by atoms with van der Waals surface area (Å²) in [6.07, 6.45) is 6.45. The largest absolute Gasteiger partial charge is 0.444 e. The lowest BCUT2D eigenvalue weighted by Gasteiger charge is -2.38. The van der Waals surface area contributed by atoms with Gasteiger partial charge >= 0.3 is 6.09 Å². The van der Waals surface area contributed by atoms with Crippen molar-refractivity contribution in [2.45, 2.75) is 77.2 Å². The highest BCUT2D eigenvalue weighted by Gasteiger charge is 2.35. The van der Waals surface area contributed by atoms with Crippen LogP contribution < -0.4 is 0 Å². The molecule has 1 aromatic heterocycles. The molecule has 3 heterocycles. The molecule has 0 radical (unpaired) electrons. The minimum Gasteiger partial charge on any atom is -0.444 e. The average molecular weight is 419 g/mol. The first-order chi connectivity index (χ1) is 14.3. The van der Waals surface area contributed by atoms with Crippen LogP contribution in [0, 0.1) is 11.8 Å². The molecule has 2 amide bonds. The predicted octanol–water partition coefficient (Wildman–Crippen LogP) is 3.38. The van der Waals surface area contributed by atoms with E-state index in [-0.39, 0.29) is 17.9 Å². The van der Waals surface area contributed by atoms with Crippen molar-refractivity contribution < 1.29 is 18.8 Å². The summed E-state index contributed by atoms with van der Waals surface area (Å²) in [5, 5.41) is 4.11. The summed E-state index contributed by atoms with van der Waals surface area (Å²) < 4.78 is 10.9. The molecule has 3 aliphatic rings. The number of aromatic nitrogens is 2. The van der Waals surface area contributed by atoms with Crippen LogP contribution in [-0.4, -0.2) is 63.7 Å². The molecule has 2 aliphatic heterocycles. The van der Waals surface area contributed by atoms with Crippen LogP contribution in [-0.2, 0) is 16.0 Å². The van der Waals surface area contributed by atoms with E-state index in [1.54, 1.807) is 4.90 Å². The van der Waals surface area contributed by atoms with Gasteiger partial charge in [-0.05, 0) is 65.2 Å². The molecule has 30 heavy (non-hydrogen) atoms. The summed E-state index contributed by atoms with van der Waals surface area (Å²) in [4.78, 5) is 33.8. The molecule has 0 unspecified atom stereocenters. The van der Waals surface area contributed by atoms with Crippen LogP contribution in [0.4, 0.5) is 4.79 Å². The Morgan fingerprint density at radius 2 is 1.80 bits per heavy atom. The number of rotatable bonds is 4. The van der Waals surface area contributed by atoms with Gasteiger partial charge in [0.15, 0.2) is 5.82 Å². The topological polar surface area (TPSA) is 88.8 Å². The number of ether oxygens (including phenoxy) is 1. The van der Waals surface area contributed by atoms with Crippen LogP contribution >= 0.6 is 0 Å². The lowest BCUT2D eigenvalue weighted by molar-refractivity contribution is -0.139. The van der Waals surface area contributed by atoms with Gasteiger partial charge in [0.2, 0.25) is 11.8 Å². The number of carbonyl (C=O) groups excluding carboxylic acids is 2. The Kier molecular flexibility index (Phi) is 6.02. The maximum absolute atomic E-state index is 13.2. The summed E-state index contributed by atoms with van der Waals surface area (Å²) >= 11 is 0. The van der Waals surface area contributed by atoms with E-state index >= 15 is 0 Å². The zero-order valence-corrected chi connectivity index (χ0v) is 18.4. The number of piperidine rings is 2. The average Bonchev–Trinajstić information content (AvgIpc) is 3.46. The molecule has 166 valence electrons. The van der Waals surface area contributed by atoms with Crippen molar-refractivity contribution in [1.82, 2.24) is 19.9 Å². The van der Waals surface area contributed by atoms with Crippen molar-refractivity contribution in [3.05, 3.63) is 11.7 Å². The highest BCUT2D eigenvalue weighted by molar-refractivity contribution is 5.80. The van der Waals surface area contributed by atoms with E-state index in [0.717, 1.165) is 63.9 Å².